The lowest BCUT2D eigenvalue weighted by Gasteiger charge is -2.09. The molecule has 1 atom stereocenters. The van der Waals surface area contributed by atoms with Gasteiger partial charge in [-0.2, -0.15) is 4.99 Å². The Hall–Kier alpha value is -1.53. The molecule has 2 rings (SSSR count). The van der Waals surface area contributed by atoms with E-state index in [0.29, 0.717) is 10.7 Å². The maximum absolute atomic E-state index is 11.8. The van der Waals surface area contributed by atoms with Crippen molar-refractivity contribution in [3.63, 3.8) is 0 Å². The Balaban J connectivity index is 1.95. The van der Waals surface area contributed by atoms with Crippen molar-refractivity contribution in [3.8, 4) is 0 Å². The number of nitrogens with one attached hydrogen (secondary N) is 1. The van der Waals surface area contributed by atoms with Crippen LogP contribution < -0.4 is 11.1 Å². The number of anilines is 1. The molecule has 0 aromatic heterocycles. The summed E-state index contributed by atoms with van der Waals surface area (Å²) in [5.74, 6) is -0.609. The minimum absolute atomic E-state index is 0.0510. The second kappa shape index (κ2) is 5.63. The topological polar surface area (TPSA) is 84.6 Å². The van der Waals surface area contributed by atoms with E-state index in [1.165, 1.54) is 0 Å². The summed E-state index contributed by atoms with van der Waals surface area (Å²) in [5, 5.41) is 3.05. The first-order chi connectivity index (χ1) is 8.95. The Morgan fingerprint density at radius 1 is 1.58 bits per heavy atom. The van der Waals surface area contributed by atoms with Gasteiger partial charge in [-0.3, -0.25) is 9.59 Å². The van der Waals surface area contributed by atoms with E-state index in [0.717, 1.165) is 17.3 Å². The summed E-state index contributed by atoms with van der Waals surface area (Å²) in [5.41, 5.74) is 6.95. The van der Waals surface area contributed by atoms with Gasteiger partial charge in [0.15, 0.2) is 5.17 Å². The van der Waals surface area contributed by atoms with Crippen LogP contribution in [-0.2, 0) is 9.59 Å². The third kappa shape index (κ3) is 3.48. The number of hydrogen-bond donors (Lipinski definition) is 2. The monoisotopic (exact) mass is 297 g/mol. The van der Waals surface area contributed by atoms with E-state index >= 15 is 0 Å². The molecule has 1 aromatic carbocycles. The fourth-order valence-corrected chi connectivity index (χ4v) is 2.57. The normalized spacial score (nSPS) is 18.3. The van der Waals surface area contributed by atoms with Gasteiger partial charge in [0.25, 0.3) is 5.91 Å². The highest BCUT2D eigenvalue weighted by molar-refractivity contribution is 8.15. The van der Waals surface area contributed by atoms with E-state index in [2.05, 4.69) is 10.3 Å². The molecule has 7 heteroatoms. The summed E-state index contributed by atoms with van der Waals surface area (Å²) >= 11 is 7.01. The average Bonchev–Trinajstić information content (AvgIpc) is 2.62. The molecule has 5 nitrogen and oxygen atoms in total. The second-order valence-electron chi connectivity index (χ2n) is 4.11. The van der Waals surface area contributed by atoms with Gasteiger partial charge in [0.1, 0.15) is 5.25 Å². The number of rotatable bonds is 3. The molecule has 0 spiro atoms. The van der Waals surface area contributed by atoms with Crippen molar-refractivity contribution in [2.45, 2.75) is 18.6 Å². The number of aliphatic imine (C=N–C) groups is 1. The molecule has 1 aliphatic heterocycles. The van der Waals surface area contributed by atoms with Crippen molar-refractivity contribution in [1.82, 2.24) is 0 Å². The summed E-state index contributed by atoms with van der Waals surface area (Å²) in [6, 6.07) is 5.19. The van der Waals surface area contributed by atoms with Gasteiger partial charge in [0.2, 0.25) is 5.91 Å². The van der Waals surface area contributed by atoms with Crippen molar-refractivity contribution >= 4 is 46.0 Å². The molecule has 3 N–H and O–H groups in total. The lowest BCUT2D eigenvalue weighted by molar-refractivity contribution is -0.121. The number of halogens is 1. The first-order valence-electron chi connectivity index (χ1n) is 5.56. The number of carbonyl (C=O) groups is 2. The molecular formula is C12H12ClN3O2S. The molecular weight excluding hydrogens is 286 g/mol. The zero-order valence-corrected chi connectivity index (χ0v) is 11.7. The number of aryl methyl sites for hydroxylation is 1. The maximum atomic E-state index is 11.8. The van der Waals surface area contributed by atoms with Crippen LogP contribution in [0, 0.1) is 6.92 Å². The third-order valence-electron chi connectivity index (χ3n) is 2.57. The van der Waals surface area contributed by atoms with Crippen molar-refractivity contribution in [2.24, 2.45) is 10.7 Å². The minimum Gasteiger partial charge on any atom is -0.378 e. The highest BCUT2D eigenvalue weighted by Crippen LogP contribution is 2.24. The number of amides is 2. The Morgan fingerprint density at radius 2 is 2.32 bits per heavy atom. The molecule has 19 heavy (non-hydrogen) atoms. The molecule has 0 bridgehead atoms. The van der Waals surface area contributed by atoms with Crippen LogP contribution in [0.1, 0.15) is 12.0 Å². The van der Waals surface area contributed by atoms with Crippen LogP contribution in [0.2, 0.25) is 5.02 Å². The van der Waals surface area contributed by atoms with Crippen LogP contribution in [0.4, 0.5) is 5.69 Å². The largest absolute Gasteiger partial charge is 0.378 e. The van der Waals surface area contributed by atoms with Gasteiger partial charge >= 0.3 is 0 Å². The number of amidine groups is 1. The first kappa shape index (κ1) is 13.9. The van der Waals surface area contributed by atoms with Gasteiger partial charge in [0, 0.05) is 17.1 Å². The molecule has 0 saturated carbocycles. The van der Waals surface area contributed by atoms with Gasteiger partial charge in [-0.05, 0) is 30.7 Å². The quantitative estimate of drug-likeness (QED) is 0.893. The lowest BCUT2D eigenvalue weighted by Crippen LogP contribution is -2.21. The highest BCUT2D eigenvalue weighted by atomic mass is 35.5. The molecule has 0 unspecified atom stereocenters. The van der Waals surface area contributed by atoms with Gasteiger partial charge in [-0.25, -0.2) is 0 Å². The van der Waals surface area contributed by atoms with Crippen LogP contribution in [0.3, 0.4) is 0 Å². The SMILES string of the molecule is Cc1cc(NC(=O)C[C@H]2SC(N)=NC2=O)ccc1Cl. The molecule has 100 valence electrons. The number of thioether (sulfide) groups is 1. The standard InChI is InChI=1S/C12H12ClN3O2S/c1-6-4-7(2-3-8(6)13)15-10(17)5-9-11(18)16-12(14)19-9/h2-4,9H,5H2,1H3,(H,15,17)(H2,14,16,18)/t9-/m1/s1. The van der Waals surface area contributed by atoms with E-state index in [9.17, 15) is 9.59 Å². The number of nitrogens with two attached hydrogens (primary N) is 1. The third-order valence-corrected chi connectivity index (χ3v) is 3.98. The van der Waals surface area contributed by atoms with E-state index in [-0.39, 0.29) is 23.4 Å². The van der Waals surface area contributed by atoms with Crippen molar-refractivity contribution in [1.29, 1.82) is 0 Å². The minimum atomic E-state index is -0.520. The van der Waals surface area contributed by atoms with Crippen LogP contribution in [0.5, 0.6) is 0 Å². The van der Waals surface area contributed by atoms with E-state index in [4.69, 9.17) is 17.3 Å². The van der Waals surface area contributed by atoms with E-state index in [1.54, 1.807) is 18.2 Å². The van der Waals surface area contributed by atoms with Crippen molar-refractivity contribution in [3.05, 3.63) is 28.8 Å². The van der Waals surface area contributed by atoms with E-state index in [1.807, 2.05) is 6.92 Å². The predicted molar refractivity (Wildman–Crippen MR) is 77.4 cm³/mol. The van der Waals surface area contributed by atoms with Gasteiger partial charge < -0.3 is 11.1 Å². The van der Waals surface area contributed by atoms with Crippen LogP contribution in [0.25, 0.3) is 0 Å². The Morgan fingerprint density at radius 3 is 2.89 bits per heavy atom. The molecule has 1 aliphatic rings. The highest BCUT2D eigenvalue weighted by Gasteiger charge is 2.29. The molecule has 0 radical (unpaired) electrons. The van der Waals surface area contributed by atoms with Crippen LogP contribution in [-0.4, -0.2) is 22.2 Å². The van der Waals surface area contributed by atoms with Crippen molar-refractivity contribution < 1.29 is 9.59 Å². The summed E-state index contributed by atoms with van der Waals surface area (Å²) in [4.78, 5) is 26.8. The molecule has 1 heterocycles. The van der Waals surface area contributed by atoms with Crippen LogP contribution in [0.15, 0.2) is 23.2 Å². The Kier molecular flexibility index (Phi) is 4.11. The first-order valence-corrected chi connectivity index (χ1v) is 6.82. The lowest BCUT2D eigenvalue weighted by atomic mass is 10.2. The maximum Gasteiger partial charge on any atom is 0.262 e. The zero-order valence-electron chi connectivity index (χ0n) is 10.1. The molecule has 2 amide bonds. The fourth-order valence-electron chi connectivity index (χ4n) is 1.63. The Labute approximate surface area is 119 Å². The summed E-state index contributed by atoms with van der Waals surface area (Å²) in [6.07, 6.45) is 0.0510. The number of hydrogen-bond acceptors (Lipinski definition) is 4. The number of benzene rings is 1. The summed E-state index contributed by atoms with van der Waals surface area (Å²) in [7, 11) is 0. The van der Waals surface area contributed by atoms with Gasteiger partial charge in [-0.15, -0.1) is 0 Å². The second-order valence-corrected chi connectivity index (χ2v) is 5.74. The Bertz CT molecular complexity index is 574. The molecule has 0 aliphatic carbocycles. The van der Waals surface area contributed by atoms with Crippen LogP contribution >= 0.6 is 23.4 Å². The van der Waals surface area contributed by atoms with Gasteiger partial charge in [0.05, 0.1) is 0 Å². The molecule has 1 aromatic rings. The summed E-state index contributed by atoms with van der Waals surface area (Å²) < 4.78 is 0. The predicted octanol–water partition coefficient (Wildman–Crippen LogP) is 1.93. The smallest absolute Gasteiger partial charge is 0.262 e. The summed E-state index contributed by atoms with van der Waals surface area (Å²) in [6.45, 7) is 1.85. The molecule has 0 fully saturated rings. The van der Waals surface area contributed by atoms with E-state index < -0.39 is 5.25 Å². The fraction of sp³-hybridized carbons (Fsp3) is 0.250. The van der Waals surface area contributed by atoms with Crippen molar-refractivity contribution in [2.75, 3.05) is 5.32 Å². The van der Waals surface area contributed by atoms with Gasteiger partial charge in [-0.1, -0.05) is 23.4 Å². The molecule has 0 saturated heterocycles. The average molecular weight is 298 g/mol. The zero-order chi connectivity index (χ0) is 14.0. The number of nitrogens with zero attached hydrogens (tertiary/aromatic N) is 1. The number of carbonyl (C=O) groups excluding carboxylic acids is 2.